The Balaban J connectivity index is 3.07. The van der Waals surface area contributed by atoms with Gasteiger partial charge in [-0.25, -0.2) is 0 Å². The van der Waals surface area contributed by atoms with E-state index in [0.29, 0.717) is 0 Å². The maximum atomic E-state index is 4.18. The molecule has 0 heterocycles. The first-order valence-corrected chi connectivity index (χ1v) is 4.52. The zero-order valence-electron chi connectivity index (χ0n) is 5.76. The molecule has 0 nitrogen and oxygen atoms in total. The molecule has 0 aliphatic rings. The van der Waals surface area contributed by atoms with Gasteiger partial charge in [-0.2, -0.15) is 12.6 Å². The molecule has 0 fully saturated rings. The van der Waals surface area contributed by atoms with Crippen molar-refractivity contribution in [1.29, 1.82) is 0 Å². The molecule has 0 amide bonds. The van der Waals surface area contributed by atoms with Gasteiger partial charge in [0.25, 0.3) is 0 Å². The standard InChI is InChI=1S/C8H9BrS/c1-6-2-3-7(5-10)8(9)4-6/h2-4,10H,5H2,1H3. The normalized spacial score (nSPS) is 9.90. The first-order valence-electron chi connectivity index (χ1n) is 3.10. The lowest BCUT2D eigenvalue weighted by molar-refractivity contribution is 1.34. The lowest BCUT2D eigenvalue weighted by Gasteiger charge is -2.00. The fourth-order valence-corrected chi connectivity index (χ4v) is 1.91. The number of aryl methyl sites for hydroxylation is 1. The Morgan fingerprint density at radius 3 is 2.70 bits per heavy atom. The second-order valence-corrected chi connectivity index (χ2v) is 3.42. The molecule has 0 N–H and O–H groups in total. The average Bonchev–Trinajstić information content (AvgIpc) is 1.88. The van der Waals surface area contributed by atoms with E-state index in [1.54, 1.807) is 0 Å². The number of thiol groups is 1. The molecular weight excluding hydrogens is 208 g/mol. The number of hydrogen-bond donors (Lipinski definition) is 1. The van der Waals surface area contributed by atoms with E-state index in [4.69, 9.17) is 0 Å². The molecule has 54 valence electrons. The van der Waals surface area contributed by atoms with Crippen molar-refractivity contribution in [3.05, 3.63) is 33.8 Å². The van der Waals surface area contributed by atoms with Crippen LogP contribution in [0.3, 0.4) is 0 Å². The molecule has 0 saturated carbocycles. The van der Waals surface area contributed by atoms with E-state index < -0.39 is 0 Å². The quantitative estimate of drug-likeness (QED) is 0.686. The molecule has 0 aliphatic carbocycles. The molecule has 0 bridgehead atoms. The molecule has 0 radical (unpaired) electrons. The van der Waals surface area contributed by atoms with Crippen LogP contribution in [0, 0.1) is 6.92 Å². The Labute approximate surface area is 75.2 Å². The van der Waals surface area contributed by atoms with Gasteiger partial charge >= 0.3 is 0 Å². The monoisotopic (exact) mass is 216 g/mol. The van der Waals surface area contributed by atoms with Gasteiger partial charge in [-0.15, -0.1) is 0 Å². The van der Waals surface area contributed by atoms with Crippen LogP contribution >= 0.6 is 28.6 Å². The maximum absolute atomic E-state index is 4.18. The maximum Gasteiger partial charge on any atom is 0.0218 e. The van der Waals surface area contributed by atoms with Crippen molar-refractivity contribution in [2.75, 3.05) is 0 Å². The van der Waals surface area contributed by atoms with Gasteiger partial charge in [-0.3, -0.25) is 0 Å². The van der Waals surface area contributed by atoms with Crippen LogP contribution < -0.4 is 0 Å². The van der Waals surface area contributed by atoms with Crippen molar-refractivity contribution in [2.24, 2.45) is 0 Å². The summed E-state index contributed by atoms with van der Waals surface area (Å²) in [5, 5.41) is 0. The highest BCUT2D eigenvalue weighted by Gasteiger charge is 1.95. The highest BCUT2D eigenvalue weighted by Crippen LogP contribution is 2.19. The van der Waals surface area contributed by atoms with Crippen molar-refractivity contribution < 1.29 is 0 Å². The predicted octanol–water partition coefficient (Wildman–Crippen LogP) is 3.19. The molecule has 2 heteroatoms. The first-order chi connectivity index (χ1) is 4.74. The Hall–Kier alpha value is 0.0500. The van der Waals surface area contributed by atoms with Crippen LogP contribution in [-0.2, 0) is 5.75 Å². The Morgan fingerprint density at radius 2 is 2.20 bits per heavy atom. The second kappa shape index (κ2) is 3.44. The minimum Gasteiger partial charge on any atom is -0.175 e. The van der Waals surface area contributed by atoms with Crippen molar-refractivity contribution in [3.8, 4) is 0 Å². The third-order valence-electron chi connectivity index (χ3n) is 1.38. The van der Waals surface area contributed by atoms with Gasteiger partial charge in [0.2, 0.25) is 0 Å². The van der Waals surface area contributed by atoms with Gasteiger partial charge < -0.3 is 0 Å². The van der Waals surface area contributed by atoms with E-state index in [2.05, 4.69) is 53.7 Å². The smallest absolute Gasteiger partial charge is 0.0218 e. The van der Waals surface area contributed by atoms with Gasteiger partial charge in [0, 0.05) is 10.2 Å². The molecule has 0 spiro atoms. The SMILES string of the molecule is Cc1ccc(CS)c(Br)c1. The van der Waals surface area contributed by atoms with E-state index >= 15 is 0 Å². The van der Waals surface area contributed by atoms with Crippen LogP contribution in [0.5, 0.6) is 0 Å². The van der Waals surface area contributed by atoms with Crippen LogP contribution in [0.2, 0.25) is 0 Å². The number of rotatable bonds is 1. The van der Waals surface area contributed by atoms with E-state index in [1.165, 1.54) is 11.1 Å². The molecule has 0 atom stereocenters. The molecule has 0 aromatic heterocycles. The highest BCUT2D eigenvalue weighted by molar-refractivity contribution is 9.10. The molecule has 1 rings (SSSR count). The molecule has 10 heavy (non-hydrogen) atoms. The van der Waals surface area contributed by atoms with Crippen molar-refractivity contribution in [3.63, 3.8) is 0 Å². The third kappa shape index (κ3) is 1.77. The number of halogens is 1. The molecule has 1 aromatic rings. The average molecular weight is 217 g/mol. The fourth-order valence-electron chi connectivity index (χ4n) is 0.781. The lowest BCUT2D eigenvalue weighted by atomic mass is 10.2. The first kappa shape index (κ1) is 8.15. The molecule has 0 unspecified atom stereocenters. The van der Waals surface area contributed by atoms with Crippen LogP contribution in [-0.4, -0.2) is 0 Å². The topological polar surface area (TPSA) is 0 Å². The van der Waals surface area contributed by atoms with Crippen molar-refractivity contribution in [2.45, 2.75) is 12.7 Å². The Morgan fingerprint density at radius 1 is 1.50 bits per heavy atom. The fraction of sp³-hybridized carbons (Fsp3) is 0.250. The van der Waals surface area contributed by atoms with Gasteiger partial charge in [0.1, 0.15) is 0 Å². The van der Waals surface area contributed by atoms with E-state index in [-0.39, 0.29) is 0 Å². The Kier molecular flexibility index (Phi) is 2.81. The summed E-state index contributed by atoms with van der Waals surface area (Å²) in [6.45, 7) is 2.08. The van der Waals surface area contributed by atoms with Gasteiger partial charge in [-0.05, 0) is 24.1 Å². The summed E-state index contributed by atoms with van der Waals surface area (Å²) in [4.78, 5) is 0. The highest BCUT2D eigenvalue weighted by atomic mass is 79.9. The zero-order valence-corrected chi connectivity index (χ0v) is 8.24. The van der Waals surface area contributed by atoms with E-state index in [0.717, 1.165) is 10.2 Å². The molecular formula is C8H9BrS. The van der Waals surface area contributed by atoms with Crippen LogP contribution in [0.1, 0.15) is 11.1 Å². The van der Waals surface area contributed by atoms with Crippen LogP contribution in [0.25, 0.3) is 0 Å². The summed E-state index contributed by atoms with van der Waals surface area (Å²) >= 11 is 7.64. The summed E-state index contributed by atoms with van der Waals surface area (Å²) in [6.07, 6.45) is 0. The predicted molar refractivity (Wildman–Crippen MR) is 51.6 cm³/mol. The summed E-state index contributed by atoms with van der Waals surface area (Å²) in [5.74, 6) is 0.793. The summed E-state index contributed by atoms with van der Waals surface area (Å²) in [7, 11) is 0. The van der Waals surface area contributed by atoms with Crippen molar-refractivity contribution >= 4 is 28.6 Å². The van der Waals surface area contributed by atoms with Gasteiger partial charge in [0.15, 0.2) is 0 Å². The Bertz CT molecular complexity index is 233. The van der Waals surface area contributed by atoms with Gasteiger partial charge in [-0.1, -0.05) is 28.1 Å². The van der Waals surface area contributed by atoms with E-state index in [1.807, 2.05) is 0 Å². The summed E-state index contributed by atoms with van der Waals surface area (Å²) < 4.78 is 1.16. The summed E-state index contributed by atoms with van der Waals surface area (Å²) in [6, 6.07) is 6.29. The second-order valence-electron chi connectivity index (χ2n) is 2.25. The largest absolute Gasteiger partial charge is 0.175 e. The molecule has 1 aromatic carbocycles. The van der Waals surface area contributed by atoms with E-state index in [9.17, 15) is 0 Å². The van der Waals surface area contributed by atoms with Crippen LogP contribution in [0.4, 0.5) is 0 Å². The molecule has 0 aliphatic heterocycles. The number of benzene rings is 1. The minimum atomic E-state index is 0.793. The summed E-state index contributed by atoms with van der Waals surface area (Å²) in [5.41, 5.74) is 2.52. The van der Waals surface area contributed by atoms with Crippen molar-refractivity contribution in [1.82, 2.24) is 0 Å². The lowest BCUT2D eigenvalue weighted by Crippen LogP contribution is -1.80. The third-order valence-corrected chi connectivity index (χ3v) is 2.46. The minimum absolute atomic E-state index is 0.793. The van der Waals surface area contributed by atoms with Gasteiger partial charge in [0.05, 0.1) is 0 Å². The number of hydrogen-bond acceptors (Lipinski definition) is 1. The molecule has 0 saturated heterocycles. The van der Waals surface area contributed by atoms with Crippen LogP contribution in [0.15, 0.2) is 22.7 Å². The zero-order chi connectivity index (χ0) is 7.56.